The predicted octanol–water partition coefficient (Wildman–Crippen LogP) is 0.804. The van der Waals surface area contributed by atoms with Crippen molar-refractivity contribution in [1.29, 1.82) is 0 Å². The van der Waals surface area contributed by atoms with E-state index >= 15 is 0 Å². The lowest BCUT2D eigenvalue weighted by molar-refractivity contribution is -0.140. The second kappa shape index (κ2) is 6.01. The van der Waals surface area contributed by atoms with Crippen molar-refractivity contribution in [2.24, 2.45) is 13.0 Å². The quantitative estimate of drug-likeness (QED) is 0.896. The Hall–Kier alpha value is -2.22. The molecule has 1 saturated carbocycles. The molecular weight excluding hydrogens is 308 g/mol. The zero-order valence-electron chi connectivity index (χ0n) is 14.0. The molecule has 128 valence electrons. The molecule has 0 radical (unpaired) electrons. The van der Waals surface area contributed by atoms with E-state index in [4.69, 9.17) is 4.74 Å². The Labute approximate surface area is 140 Å². The van der Waals surface area contributed by atoms with Crippen LogP contribution in [0.3, 0.4) is 0 Å². The van der Waals surface area contributed by atoms with E-state index in [0.717, 1.165) is 24.2 Å². The van der Waals surface area contributed by atoms with Gasteiger partial charge in [0.2, 0.25) is 5.91 Å². The van der Waals surface area contributed by atoms with Crippen molar-refractivity contribution < 1.29 is 9.53 Å². The van der Waals surface area contributed by atoms with Crippen LogP contribution in [0, 0.1) is 5.92 Å². The number of carbonyl (C=O) groups excluding carboxylic acids is 1. The summed E-state index contributed by atoms with van der Waals surface area (Å²) in [4.78, 5) is 19.1. The molecule has 2 aliphatic rings. The van der Waals surface area contributed by atoms with Crippen molar-refractivity contribution in [3.05, 3.63) is 29.6 Å². The van der Waals surface area contributed by atoms with Crippen LogP contribution in [0.1, 0.15) is 42.6 Å². The monoisotopic (exact) mass is 330 g/mol. The van der Waals surface area contributed by atoms with Crippen LogP contribution in [-0.2, 0) is 23.0 Å². The zero-order valence-corrected chi connectivity index (χ0v) is 14.0. The maximum absolute atomic E-state index is 12.8. The third kappa shape index (κ3) is 2.82. The molecule has 4 rings (SSSR count). The molecule has 2 fully saturated rings. The SMILES string of the molecule is CCc1nc([C@@H]2CN(C(=O)[C@H]3C[C@H]3c3cnn(C)c3)CCO2)n[nH]1. The van der Waals surface area contributed by atoms with Crippen LogP contribution in [0.15, 0.2) is 12.4 Å². The highest BCUT2D eigenvalue weighted by atomic mass is 16.5. The number of aryl methyl sites for hydroxylation is 2. The molecule has 1 saturated heterocycles. The number of hydrogen-bond donors (Lipinski definition) is 1. The van der Waals surface area contributed by atoms with Gasteiger partial charge in [-0.2, -0.15) is 10.2 Å². The van der Waals surface area contributed by atoms with Crippen molar-refractivity contribution in [2.75, 3.05) is 19.7 Å². The molecule has 8 heteroatoms. The molecule has 1 amide bonds. The minimum absolute atomic E-state index is 0.0753. The molecule has 3 heterocycles. The summed E-state index contributed by atoms with van der Waals surface area (Å²) in [6, 6.07) is 0. The number of carbonyl (C=O) groups is 1. The zero-order chi connectivity index (χ0) is 16.7. The van der Waals surface area contributed by atoms with Gasteiger partial charge in [0.05, 0.1) is 19.3 Å². The third-order valence-corrected chi connectivity index (χ3v) is 4.81. The molecule has 1 N–H and O–H groups in total. The Morgan fingerprint density at radius 2 is 2.38 bits per heavy atom. The molecule has 8 nitrogen and oxygen atoms in total. The van der Waals surface area contributed by atoms with E-state index in [1.165, 1.54) is 0 Å². The van der Waals surface area contributed by atoms with Crippen LogP contribution in [0.5, 0.6) is 0 Å². The molecule has 0 unspecified atom stereocenters. The summed E-state index contributed by atoms with van der Waals surface area (Å²) in [5, 5.41) is 11.3. The number of ether oxygens (including phenoxy) is 1. The first kappa shape index (κ1) is 15.3. The number of aromatic amines is 1. The summed E-state index contributed by atoms with van der Waals surface area (Å²) in [7, 11) is 1.90. The molecule has 2 aromatic heterocycles. The van der Waals surface area contributed by atoms with E-state index in [2.05, 4.69) is 20.3 Å². The standard InChI is InChI=1S/C16H22N6O2/c1-3-14-18-15(20-19-14)13-9-22(4-5-24-13)16(23)12-6-11(12)10-7-17-21(2)8-10/h7-8,11-13H,3-6,9H2,1-2H3,(H,18,19,20)/t11-,12-,13-/m0/s1. The summed E-state index contributed by atoms with van der Waals surface area (Å²) in [5.41, 5.74) is 1.15. The molecular formula is C16H22N6O2. The average molecular weight is 330 g/mol. The summed E-state index contributed by atoms with van der Waals surface area (Å²) in [6.07, 6.45) is 5.33. The number of H-pyrrole nitrogens is 1. The van der Waals surface area contributed by atoms with Gasteiger partial charge in [-0.3, -0.25) is 14.6 Å². The lowest BCUT2D eigenvalue weighted by Crippen LogP contribution is -2.43. The number of nitrogens with zero attached hydrogens (tertiary/aromatic N) is 5. The Bertz CT molecular complexity index is 739. The van der Waals surface area contributed by atoms with Gasteiger partial charge in [-0.15, -0.1) is 0 Å². The minimum Gasteiger partial charge on any atom is -0.366 e. The van der Waals surface area contributed by atoms with Crippen LogP contribution < -0.4 is 0 Å². The van der Waals surface area contributed by atoms with Crippen LogP contribution in [0.2, 0.25) is 0 Å². The van der Waals surface area contributed by atoms with Gasteiger partial charge < -0.3 is 9.64 Å². The molecule has 0 spiro atoms. The summed E-state index contributed by atoms with van der Waals surface area (Å²) >= 11 is 0. The van der Waals surface area contributed by atoms with Gasteiger partial charge in [0.15, 0.2) is 5.82 Å². The fourth-order valence-corrected chi connectivity index (χ4v) is 3.32. The van der Waals surface area contributed by atoms with E-state index < -0.39 is 0 Å². The van der Waals surface area contributed by atoms with E-state index in [-0.39, 0.29) is 17.9 Å². The maximum Gasteiger partial charge on any atom is 0.226 e. The lowest BCUT2D eigenvalue weighted by atomic mass is 10.1. The van der Waals surface area contributed by atoms with Crippen molar-refractivity contribution in [1.82, 2.24) is 29.9 Å². The fraction of sp³-hybridized carbons (Fsp3) is 0.625. The number of amides is 1. The molecule has 24 heavy (non-hydrogen) atoms. The highest BCUT2D eigenvalue weighted by Crippen LogP contribution is 2.48. The van der Waals surface area contributed by atoms with Gasteiger partial charge in [-0.1, -0.05) is 6.92 Å². The number of hydrogen-bond acceptors (Lipinski definition) is 5. The average Bonchev–Trinajstić information content (AvgIpc) is 3.04. The maximum atomic E-state index is 12.8. The van der Waals surface area contributed by atoms with E-state index in [9.17, 15) is 4.79 Å². The molecule has 2 aromatic rings. The second-order valence-electron chi connectivity index (χ2n) is 6.53. The number of rotatable bonds is 4. The summed E-state index contributed by atoms with van der Waals surface area (Å²) < 4.78 is 7.55. The molecule has 3 atom stereocenters. The van der Waals surface area contributed by atoms with Gasteiger partial charge >= 0.3 is 0 Å². The normalized spacial score (nSPS) is 26.6. The fourth-order valence-electron chi connectivity index (χ4n) is 3.32. The number of nitrogens with one attached hydrogen (secondary N) is 1. The van der Waals surface area contributed by atoms with Gasteiger partial charge in [0, 0.05) is 32.1 Å². The van der Waals surface area contributed by atoms with Crippen LogP contribution in [-0.4, -0.2) is 55.5 Å². The third-order valence-electron chi connectivity index (χ3n) is 4.81. The molecule has 1 aliphatic carbocycles. The minimum atomic E-state index is -0.241. The van der Waals surface area contributed by atoms with Gasteiger partial charge in [-0.05, 0) is 17.9 Å². The Morgan fingerprint density at radius 1 is 1.50 bits per heavy atom. The first-order valence-electron chi connectivity index (χ1n) is 8.45. The number of aromatic nitrogens is 5. The lowest BCUT2D eigenvalue weighted by Gasteiger charge is -2.31. The largest absolute Gasteiger partial charge is 0.366 e. The molecule has 0 aromatic carbocycles. The summed E-state index contributed by atoms with van der Waals surface area (Å²) in [6.45, 7) is 3.71. The highest BCUT2D eigenvalue weighted by molar-refractivity contribution is 5.83. The topological polar surface area (TPSA) is 88.9 Å². The predicted molar refractivity (Wildman–Crippen MR) is 85.1 cm³/mol. The number of morpholine rings is 1. The van der Waals surface area contributed by atoms with Crippen LogP contribution in [0.25, 0.3) is 0 Å². The van der Waals surface area contributed by atoms with Crippen molar-refractivity contribution in [2.45, 2.75) is 31.8 Å². The first-order valence-corrected chi connectivity index (χ1v) is 8.45. The first-order chi connectivity index (χ1) is 11.7. The molecule has 0 bridgehead atoms. The smallest absolute Gasteiger partial charge is 0.226 e. The highest BCUT2D eigenvalue weighted by Gasteiger charge is 2.47. The van der Waals surface area contributed by atoms with Crippen LogP contribution in [0.4, 0.5) is 0 Å². The van der Waals surface area contributed by atoms with Crippen molar-refractivity contribution in [3.8, 4) is 0 Å². The van der Waals surface area contributed by atoms with E-state index in [0.29, 0.717) is 31.4 Å². The second-order valence-corrected chi connectivity index (χ2v) is 6.53. The van der Waals surface area contributed by atoms with Gasteiger partial charge in [0.25, 0.3) is 0 Å². The van der Waals surface area contributed by atoms with Gasteiger partial charge in [-0.25, -0.2) is 4.98 Å². The van der Waals surface area contributed by atoms with Gasteiger partial charge in [0.1, 0.15) is 11.9 Å². The Balaban J connectivity index is 1.40. The van der Waals surface area contributed by atoms with Crippen LogP contribution >= 0.6 is 0 Å². The van der Waals surface area contributed by atoms with E-state index in [1.807, 2.05) is 31.3 Å². The Kier molecular flexibility index (Phi) is 3.84. The van der Waals surface area contributed by atoms with Crippen molar-refractivity contribution in [3.63, 3.8) is 0 Å². The molecule has 1 aliphatic heterocycles. The van der Waals surface area contributed by atoms with Crippen molar-refractivity contribution >= 4 is 5.91 Å². The summed E-state index contributed by atoms with van der Waals surface area (Å²) in [5.74, 6) is 2.08. The Morgan fingerprint density at radius 3 is 3.08 bits per heavy atom. The van der Waals surface area contributed by atoms with E-state index in [1.54, 1.807) is 4.68 Å².